The van der Waals surface area contributed by atoms with Crippen LogP contribution in [0.1, 0.15) is 39.3 Å². The van der Waals surface area contributed by atoms with Crippen LogP contribution in [-0.2, 0) is 4.74 Å². The molecule has 0 amide bonds. The fraction of sp³-hybridized carbons (Fsp3) is 0.625. The van der Waals surface area contributed by atoms with Gasteiger partial charge < -0.3 is 14.8 Å². The fourth-order valence-electron chi connectivity index (χ4n) is 2.41. The smallest absolute Gasteiger partial charge is 0.123 e. The predicted molar refractivity (Wildman–Crippen MR) is 79.7 cm³/mol. The van der Waals surface area contributed by atoms with E-state index in [1.54, 1.807) is 7.11 Å². The van der Waals surface area contributed by atoms with Crippen molar-refractivity contribution in [3.05, 3.63) is 29.8 Å². The first kappa shape index (κ1) is 16.0. The average molecular weight is 265 g/mol. The molecule has 0 fully saturated rings. The van der Waals surface area contributed by atoms with Crippen molar-refractivity contribution in [3.8, 4) is 5.75 Å². The van der Waals surface area contributed by atoms with Gasteiger partial charge >= 0.3 is 0 Å². The number of ether oxygens (including phenoxy) is 2. The van der Waals surface area contributed by atoms with Gasteiger partial charge in [-0.25, -0.2) is 0 Å². The van der Waals surface area contributed by atoms with Crippen molar-refractivity contribution < 1.29 is 9.47 Å². The molecule has 1 aromatic carbocycles. The molecule has 3 heteroatoms. The first-order chi connectivity index (χ1) is 9.15. The lowest BCUT2D eigenvalue weighted by molar-refractivity contribution is 0.00267. The summed E-state index contributed by atoms with van der Waals surface area (Å²) in [5, 5.41) is 3.53. The first-order valence-corrected chi connectivity index (χ1v) is 7.13. The van der Waals surface area contributed by atoms with E-state index in [0.717, 1.165) is 18.9 Å². The van der Waals surface area contributed by atoms with Gasteiger partial charge in [-0.15, -0.1) is 0 Å². The summed E-state index contributed by atoms with van der Waals surface area (Å²) in [5.74, 6) is 1.35. The van der Waals surface area contributed by atoms with Crippen molar-refractivity contribution in [3.63, 3.8) is 0 Å². The van der Waals surface area contributed by atoms with Crippen LogP contribution < -0.4 is 10.1 Å². The minimum atomic E-state index is 0.140. The molecule has 0 bridgehead atoms. The molecule has 0 heterocycles. The van der Waals surface area contributed by atoms with Crippen molar-refractivity contribution in [2.75, 3.05) is 20.3 Å². The van der Waals surface area contributed by atoms with Gasteiger partial charge in [0.25, 0.3) is 0 Å². The van der Waals surface area contributed by atoms with Crippen LogP contribution in [0.2, 0.25) is 0 Å². The highest BCUT2D eigenvalue weighted by Crippen LogP contribution is 2.31. The lowest BCUT2D eigenvalue weighted by Gasteiger charge is -2.31. The number of likely N-dealkylation sites (N-methyl/N-ethyl adjacent to an activating group) is 1. The van der Waals surface area contributed by atoms with E-state index in [-0.39, 0.29) is 12.1 Å². The molecule has 0 saturated carbocycles. The van der Waals surface area contributed by atoms with Crippen molar-refractivity contribution in [2.24, 2.45) is 5.92 Å². The summed E-state index contributed by atoms with van der Waals surface area (Å²) in [7, 11) is 1.72. The molecule has 1 aromatic rings. The second-order valence-corrected chi connectivity index (χ2v) is 4.94. The van der Waals surface area contributed by atoms with E-state index in [9.17, 15) is 0 Å². The second-order valence-electron chi connectivity index (χ2n) is 4.94. The highest BCUT2D eigenvalue weighted by molar-refractivity contribution is 5.36. The normalized spacial score (nSPS) is 14.4. The third-order valence-electron chi connectivity index (χ3n) is 3.24. The first-order valence-electron chi connectivity index (χ1n) is 7.13. The highest BCUT2D eigenvalue weighted by atomic mass is 16.5. The number of methoxy groups -OCH3 is 1. The maximum atomic E-state index is 5.95. The summed E-state index contributed by atoms with van der Waals surface area (Å²) in [6.07, 6.45) is 0.140. The minimum Gasteiger partial charge on any atom is -0.496 e. The Labute approximate surface area is 117 Å². The van der Waals surface area contributed by atoms with Gasteiger partial charge in [-0.2, -0.15) is 0 Å². The Bertz CT molecular complexity index is 366. The Balaban J connectivity index is 3.09. The highest BCUT2D eigenvalue weighted by Gasteiger charge is 2.27. The summed E-state index contributed by atoms with van der Waals surface area (Å²) in [6.45, 7) is 10.2. The SMILES string of the molecule is CCNC(c1ccccc1OC)C(OCC)C(C)C. The predicted octanol–water partition coefficient (Wildman–Crippen LogP) is 3.41. The number of para-hydroxylation sites is 1. The summed E-state index contributed by atoms with van der Waals surface area (Å²) in [4.78, 5) is 0. The van der Waals surface area contributed by atoms with Gasteiger partial charge in [-0.3, -0.25) is 0 Å². The fourth-order valence-corrected chi connectivity index (χ4v) is 2.41. The monoisotopic (exact) mass is 265 g/mol. The molecule has 2 atom stereocenters. The van der Waals surface area contributed by atoms with Crippen molar-refractivity contribution in [1.29, 1.82) is 0 Å². The quantitative estimate of drug-likeness (QED) is 0.781. The number of benzene rings is 1. The molecule has 0 saturated heterocycles. The van der Waals surface area contributed by atoms with E-state index in [2.05, 4.69) is 32.2 Å². The summed E-state index contributed by atoms with van der Waals surface area (Å²) in [5.41, 5.74) is 1.17. The zero-order valence-corrected chi connectivity index (χ0v) is 12.8. The molecule has 1 rings (SSSR count). The Kier molecular flexibility index (Phi) is 6.89. The molecular weight excluding hydrogens is 238 g/mol. The molecule has 0 aliphatic rings. The molecule has 3 nitrogen and oxygen atoms in total. The lowest BCUT2D eigenvalue weighted by atomic mass is 9.92. The average Bonchev–Trinajstić information content (AvgIpc) is 2.42. The van der Waals surface area contributed by atoms with Crippen LogP contribution in [0.25, 0.3) is 0 Å². The van der Waals surface area contributed by atoms with Crippen LogP contribution in [0.3, 0.4) is 0 Å². The van der Waals surface area contributed by atoms with Crippen LogP contribution in [-0.4, -0.2) is 26.4 Å². The van der Waals surface area contributed by atoms with Gasteiger partial charge in [0.15, 0.2) is 0 Å². The van der Waals surface area contributed by atoms with Crippen LogP contribution in [0.15, 0.2) is 24.3 Å². The second kappa shape index (κ2) is 8.18. The maximum absolute atomic E-state index is 5.95. The standard InChI is InChI=1S/C16H27NO2/c1-6-17-15(16(12(3)4)19-7-2)13-10-8-9-11-14(13)18-5/h8-12,15-17H,6-7H2,1-5H3. The number of hydrogen-bond donors (Lipinski definition) is 1. The summed E-state index contributed by atoms with van der Waals surface area (Å²) >= 11 is 0. The zero-order valence-electron chi connectivity index (χ0n) is 12.8. The van der Waals surface area contributed by atoms with E-state index < -0.39 is 0 Å². The molecule has 1 N–H and O–H groups in total. The maximum Gasteiger partial charge on any atom is 0.123 e. The van der Waals surface area contributed by atoms with E-state index in [1.165, 1.54) is 5.56 Å². The van der Waals surface area contributed by atoms with Gasteiger partial charge in [0.2, 0.25) is 0 Å². The largest absolute Gasteiger partial charge is 0.496 e. The van der Waals surface area contributed by atoms with E-state index in [1.807, 2.05) is 25.1 Å². The van der Waals surface area contributed by atoms with Gasteiger partial charge in [-0.1, -0.05) is 39.0 Å². The van der Waals surface area contributed by atoms with Gasteiger partial charge in [0.1, 0.15) is 5.75 Å². The Hall–Kier alpha value is -1.06. The third kappa shape index (κ3) is 4.22. The molecule has 2 unspecified atom stereocenters. The molecule has 0 aliphatic heterocycles. The van der Waals surface area contributed by atoms with Gasteiger partial charge in [0, 0.05) is 12.2 Å². The number of nitrogens with one attached hydrogen (secondary N) is 1. The number of hydrogen-bond acceptors (Lipinski definition) is 3. The Morgan fingerprint density at radius 3 is 2.37 bits per heavy atom. The minimum absolute atomic E-state index is 0.140. The number of rotatable bonds is 8. The summed E-state index contributed by atoms with van der Waals surface area (Å²) in [6, 6.07) is 8.31. The van der Waals surface area contributed by atoms with Crippen LogP contribution >= 0.6 is 0 Å². The topological polar surface area (TPSA) is 30.5 Å². The van der Waals surface area contributed by atoms with Crippen molar-refractivity contribution >= 4 is 0 Å². The van der Waals surface area contributed by atoms with E-state index in [4.69, 9.17) is 9.47 Å². The molecule has 0 spiro atoms. The molecule has 19 heavy (non-hydrogen) atoms. The van der Waals surface area contributed by atoms with Crippen LogP contribution in [0.4, 0.5) is 0 Å². The van der Waals surface area contributed by atoms with Gasteiger partial charge in [0.05, 0.1) is 19.3 Å². The van der Waals surface area contributed by atoms with Crippen molar-refractivity contribution in [1.82, 2.24) is 5.32 Å². The Morgan fingerprint density at radius 2 is 1.84 bits per heavy atom. The molecule has 108 valence electrons. The molecule has 0 radical (unpaired) electrons. The van der Waals surface area contributed by atoms with Gasteiger partial charge in [-0.05, 0) is 25.5 Å². The van der Waals surface area contributed by atoms with E-state index in [0.29, 0.717) is 5.92 Å². The zero-order chi connectivity index (χ0) is 14.3. The third-order valence-corrected chi connectivity index (χ3v) is 3.24. The van der Waals surface area contributed by atoms with Crippen LogP contribution in [0, 0.1) is 5.92 Å². The molecular formula is C16H27NO2. The molecule has 0 aromatic heterocycles. The van der Waals surface area contributed by atoms with E-state index >= 15 is 0 Å². The van der Waals surface area contributed by atoms with Crippen LogP contribution in [0.5, 0.6) is 5.75 Å². The summed E-state index contributed by atoms with van der Waals surface area (Å²) < 4.78 is 11.4. The Morgan fingerprint density at radius 1 is 1.16 bits per heavy atom. The van der Waals surface area contributed by atoms with Crippen molar-refractivity contribution in [2.45, 2.75) is 39.8 Å². The molecule has 0 aliphatic carbocycles. The lowest BCUT2D eigenvalue weighted by Crippen LogP contribution is -2.37.